The monoisotopic (exact) mass is 312 g/mol. The van der Waals surface area contributed by atoms with E-state index < -0.39 is 10.0 Å². The zero-order valence-corrected chi connectivity index (χ0v) is 14.2. The Morgan fingerprint density at radius 1 is 1.29 bits per heavy atom. The molecule has 120 valence electrons. The van der Waals surface area contributed by atoms with Crippen LogP contribution in [0.15, 0.2) is 0 Å². The third kappa shape index (κ3) is 4.20. The molecule has 0 aromatic carbocycles. The minimum absolute atomic E-state index is 0.204. The summed E-state index contributed by atoms with van der Waals surface area (Å²) < 4.78 is 25.1. The highest BCUT2D eigenvalue weighted by Crippen LogP contribution is 2.45. The highest BCUT2D eigenvalue weighted by atomic mass is 32.2. The molecule has 21 heavy (non-hydrogen) atoms. The Kier molecular flexibility index (Phi) is 5.32. The smallest absolute Gasteiger partial charge is 0.211 e. The van der Waals surface area contributed by atoms with E-state index in [0.29, 0.717) is 24.9 Å². The molecule has 0 N–H and O–H groups in total. The summed E-state index contributed by atoms with van der Waals surface area (Å²) in [5.41, 5.74) is -0.204. The molecular weight excluding hydrogens is 284 g/mol. The van der Waals surface area contributed by atoms with Crippen molar-refractivity contribution in [3.63, 3.8) is 0 Å². The Morgan fingerprint density at radius 2 is 2.00 bits per heavy atom. The summed E-state index contributed by atoms with van der Waals surface area (Å²) >= 11 is 0. The standard InChI is InChI=1S/C16H28N2O2S/c1-3-14-6-4-8-16(10-14,13-17)11-15-7-5-9-18(12-15)21(2,19)20/h14-15H,3-12H2,1-2H3. The van der Waals surface area contributed by atoms with Crippen molar-refractivity contribution in [2.24, 2.45) is 17.3 Å². The lowest BCUT2D eigenvalue weighted by Gasteiger charge is -2.40. The van der Waals surface area contributed by atoms with Gasteiger partial charge in [-0.05, 0) is 43.9 Å². The molecule has 1 aliphatic carbocycles. The van der Waals surface area contributed by atoms with Gasteiger partial charge >= 0.3 is 0 Å². The zero-order chi connectivity index (χ0) is 15.5. The molecule has 1 saturated heterocycles. The second-order valence-electron chi connectivity index (χ2n) is 7.10. The molecule has 4 nitrogen and oxygen atoms in total. The molecule has 0 bridgehead atoms. The average molecular weight is 312 g/mol. The van der Waals surface area contributed by atoms with Gasteiger partial charge in [-0.25, -0.2) is 12.7 Å². The summed E-state index contributed by atoms with van der Waals surface area (Å²) in [6.07, 6.45) is 9.72. The van der Waals surface area contributed by atoms with Crippen LogP contribution in [0.1, 0.15) is 58.3 Å². The molecular formula is C16H28N2O2S. The summed E-state index contributed by atoms with van der Waals surface area (Å²) in [6, 6.07) is 2.61. The SMILES string of the molecule is CCC1CCCC(C#N)(CC2CCCN(S(C)(=O)=O)C2)C1. The van der Waals surface area contributed by atoms with Gasteiger partial charge in [0, 0.05) is 13.1 Å². The topological polar surface area (TPSA) is 61.2 Å². The van der Waals surface area contributed by atoms with Crippen LogP contribution in [0.25, 0.3) is 0 Å². The maximum absolute atomic E-state index is 11.7. The lowest BCUT2D eigenvalue weighted by molar-refractivity contribution is 0.132. The molecule has 2 aliphatic rings. The lowest BCUT2D eigenvalue weighted by Crippen LogP contribution is -2.41. The van der Waals surface area contributed by atoms with Crippen molar-refractivity contribution in [2.45, 2.75) is 58.3 Å². The first-order chi connectivity index (χ1) is 9.88. The zero-order valence-electron chi connectivity index (χ0n) is 13.3. The van der Waals surface area contributed by atoms with Crippen LogP contribution in [0, 0.1) is 28.6 Å². The third-order valence-corrected chi connectivity index (χ3v) is 6.66. The van der Waals surface area contributed by atoms with Gasteiger partial charge in [0.15, 0.2) is 0 Å². The van der Waals surface area contributed by atoms with Crippen LogP contribution in [-0.4, -0.2) is 32.1 Å². The number of hydrogen-bond donors (Lipinski definition) is 0. The molecule has 0 amide bonds. The van der Waals surface area contributed by atoms with Crippen LogP contribution in [0.2, 0.25) is 0 Å². The van der Waals surface area contributed by atoms with Gasteiger partial charge in [0.1, 0.15) is 0 Å². The number of piperidine rings is 1. The van der Waals surface area contributed by atoms with Crippen molar-refractivity contribution < 1.29 is 8.42 Å². The molecule has 0 aromatic rings. The Hall–Kier alpha value is -0.600. The van der Waals surface area contributed by atoms with Crippen LogP contribution in [0.4, 0.5) is 0 Å². The predicted octanol–water partition coefficient (Wildman–Crippen LogP) is 3.16. The van der Waals surface area contributed by atoms with Crippen LogP contribution < -0.4 is 0 Å². The minimum Gasteiger partial charge on any atom is -0.213 e. The Balaban J connectivity index is 2.03. The number of nitriles is 1. The summed E-state index contributed by atoms with van der Waals surface area (Å²) in [6.45, 7) is 3.47. The van der Waals surface area contributed by atoms with E-state index in [-0.39, 0.29) is 5.41 Å². The van der Waals surface area contributed by atoms with E-state index in [0.717, 1.165) is 44.9 Å². The summed E-state index contributed by atoms with van der Waals surface area (Å²) in [5, 5.41) is 9.73. The maximum atomic E-state index is 11.7. The second-order valence-corrected chi connectivity index (χ2v) is 9.08. The van der Waals surface area contributed by atoms with Gasteiger partial charge in [-0.1, -0.05) is 26.2 Å². The average Bonchev–Trinajstić information content (AvgIpc) is 2.47. The minimum atomic E-state index is -3.09. The van der Waals surface area contributed by atoms with Crippen molar-refractivity contribution in [1.29, 1.82) is 5.26 Å². The molecule has 2 rings (SSSR count). The fraction of sp³-hybridized carbons (Fsp3) is 0.938. The maximum Gasteiger partial charge on any atom is 0.211 e. The summed E-state index contributed by atoms with van der Waals surface area (Å²) in [4.78, 5) is 0. The highest BCUT2D eigenvalue weighted by Gasteiger charge is 2.39. The van der Waals surface area contributed by atoms with Crippen molar-refractivity contribution in [3.8, 4) is 6.07 Å². The molecule has 0 aromatic heterocycles. The third-order valence-electron chi connectivity index (χ3n) is 5.39. The van der Waals surface area contributed by atoms with E-state index in [1.54, 1.807) is 4.31 Å². The highest BCUT2D eigenvalue weighted by molar-refractivity contribution is 7.88. The van der Waals surface area contributed by atoms with E-state index in [2.05, 4.69) is 13.0 Å². The van der Waals surface area contributed by atoms with Crippen LogP contribution in [0.5, 0.6) is 0 Å². The van der Waals surface area contributed by atoms with Gasteiger partial charge in [0.2, 0.25) is 10.0 Å². The van der Waals surface area contributed by atoms with Gasteiger partial charge in [0.25, 0.3) is 0 Å². The van der Waals surface area contributed by atoms with Gasteiger partial charge in [-0.3, -0.25) is 0 Å². The van der Waals surface area contributed by atoms with Gasteiger partial charge in [-0.15, -0.1) is 0 Å². The first-order valence-electron chi connectivity index (χ1n) is 8.25. The summed E-state index contributed by atoms with van der Waals surface area (Å²) in [5.74, 6) is 1.02. The quantitative estimate of drug-likeness (QED) is 0.801. The Bertz CT molecular complexity index is 497. The van der Waals surface area contributed by atoms with Gasteiger partial charge in [-0.2, -0.15) is 5.26 Å². The van der Waals surface area contributed by atoms with E-state index in [9.17, 15) is 13.7 Å². The molecule has 2 fully saturated rings. The lowest BCUT2D eigenvalue weighted by atomic mass is 9.65. The Labute approximate surface area is 129 Å². The summed E-state index contributed by atoms with van der Waals surface area (Å²) in [7, 11) is -3.09. The fourth-order valence-corrected chi connectivity index (χ4v) is 5.16. The molecule has 5 heteroatoms. The number of nitrogens with zero attached hydrogens (tertiary/aromatic N) is 2. The number of hydrogen-bond acceptors (Lipinski definition) is 3. The molecule has 3 atom stereocenters. The molecule has 0 radical (unpaired) electrons. The fourth-order valence-electron chi connectivity index (χ4n) is 4.21. The predicted molar refractivity (Wildman–Crippen MR) is 84.1 cm³/mol. The van der Waals surface area contributed by atoms with Gasteiger partial charge in [0.05, 0.1) is 17.7 Å². The molecule has 3 unspecified atom stereocenters. The normalized spacial score (nSPS) is 35.3. The molecule has 0 spiro atoms. The van der Waals surface area contributed by atoms with E-state index in [4.69, 9.17) is 0 Å². The van der Waals surface area contributed by atoms with Crippen molar-refractivity contribution >= 4 is 10.0 Å². The van der Waals surface area contributed by atoms with Crippen molar-refractivity contribution in [3.05, 3.63) is 0 Å². The van der Waals surface area contributed by atoms with Crippen LogP contribution in [-0.2, 0) is 10.0 Å². The number of rotatable bonds is 4. The van der Waals surface area contributed by atoms with Crippen molar-refractivity contribution in [2.75, 3.05) is 19.3 Å². The van der Waals surface area contributed by atoms with E-state index in [1.165, 1.54) is 12.7 Å². The van der Waals surface area contributed by atoms with E-state index >= 15 is 0 Å². The Morgan fingerprint density at radius 3 is 2.62 bits per heavy atom. The van der Waals surface area contributed by atoms with Crippen LogP contribution in [0.3, 0.4) is 0 Å². The van der Waals surface area contributed by atoms with Gasteiger partial charge < -0.3 is 0 Å². The second kappa shape index (κ2) is 6.66. The molecule has 1 aliphatic heterocycles. The van der Waals surface area contributed by atoms with Crippen molar-refractivity contribution in [1.82, 2.24) is 4.31 Å². The van der Waals surface area contributed by atoms with E-state index in [1.807, 2.05) is 0 Å². The molecule has 1 heterocycles. The number of sulfonamides is 1. The molecule has 1 saturated carbocycles. The van der Waals surface area contributed by atoms with Crippen LogP contribution >= 0.6 is 0 Å². The first kappa shape index (κ1) is 16.8. The largest absolute Gasteiger partial charge is 0.213 e. The first-order valence-corrected chi connectivity index (χ1v) is 10.1.